The summed E-state index contributed by atoms with van der Waals surface area (Å²) in [5, 5.41) is 12.2. The number of allylic oxidation sites excluding steroid dienone is 3. The van der Waals surface area contributed by atoms with Crippen molar-refractivity contribution in [2.24, 2.45) is 5.18 Å². The topological polar surface area (TPSA) is 66.7 Å². The van der Waals surface area contributed by atoms with E-state index >= 15 is 0 Å². The molecule has 0 aromatic heterocycles. The third-order valence-corrected chi connectivity index (χ3v) is 5.22. The van der Waals surface area contributed by atoms with Crippen molar-refractivity contribution in [3.05, 3.63) is 87.3 Å². The van der Waals surface area contributed by atoms with E-state index in [-0.39, 0.29) is 11.0 Å². The first-order chi connectivity index (χ1) is 12.8. The first-order valence-electron chi connectivity index (χ1n) is 8.99. The second-order valence-electron chi connectivity index (χ2n) is 7.62. The molecule has 2 aromatic rings. The highest BCUT2D eigenvalue weighted by Gasteiger charge is 2.27. The highest BCUT2D eigenvalue weighted by atomic mass is 16.4. The lowest BCUT2D eigenvalue weighted by molar-refractivity contribution is 0.0697. The zero-order chi connectivity index (χ0) is 19.6. The molecule has 0 radical (unpaired) electrons. The molecule has 0 unspecified atom stereocenters. The van der Waals surface area contributed by atoms with Gasteiger partial charge >= 0.3 is 5.97 Å². The van der Waals surface area contributed by atoms with Crippen LogP contribution in [0.15, 0.2) is 59.8 Å². The molecule has 0 bridgehead atoms. The van der Waals surface area contributed by atoms with E-state index in [1.54, 1.807) is 30.3 Å². The summed E-state index contributed by atoms with van der Waals surface area (Å²) in [6.07, 6.45) is 5.54. The summed E-state index contributed by atoms with van der Waals surface area (Å²) in [5.41, 5.74) is 6.14. The average Bonchev–Trinajstić information content (AvgIpc) is 2.66. The molecule has 3 rings (SSSR count). The molecule has 2 aromatic carbocycles. The van der Waals surface area contributed by atoms with Gasteiger partial charge in [-0.15, -0.1) is 4.91 Å². The second-order valence-corrected chi connectivity index (χ2v) is 7.62. The molecule has 0 saturated heterocycles. The van der Waals surface area contributed by atoms with Gasteiger partial charge in [0.1, 0.15) is 5.70 Å². The van der Waals surface area contributed by atoms with Crippen molar-refractivity contribution in [3.8, 4) is 0 Å². The van der Waals surface area contributed by atoms with Crippen LogP contribution < -0.4 is 0 Å². The van der Waals surface area contributed by atoms with E-state index in [1.165, 1.54) is 16.7 Å². The maximum Gasteiger partial charge on any atom is 0.335 e. The van der Waals surface area contributed by atoms with Gasteiger partial charge in [0.15, 0.2) is 0 Å². The van der Waals surface area contributed by atoms with Crippen molar-refractivity contribution in [3.63, 3.8) is 0 Å². The van der Waals surface area contributed by atoms with Crippen molar-refractivity contribution in [1.82, 2.24) is 0 Å². The highest BCUT2D eigenvalue weighted by molar-refractivity contribution is 5.87. The minimum absolute atomic E-state index is 0.0194. The summed E-state index contributed by atoms with van der Waals surface area (Å²) in [7, 11) is 0. The van der Waals surface area contributed by atoms with Crippen LogP contribution >= 0.6 is 0 Å². The quantitative estimate of drug-likeness (QED) is 0.682. The van der Waals surface area contributed by atoms with Crippen LogP contribution in [0.3, 0.4) is 0 Å². The van der Waals surface area contributed by atoms with E-state index in [9.17, 15) is 9.70 Å². The van der Waals surface area contributed by atoms with Crippen LogP contribution in [0.4, 0.5) is 0 Å². The fraction of sp³-hybridized carbons (Fsp3) is 0.261. The molecule has 4 nitrogen and oxygen atoms in total. The fourth-order valence-corrected chi connectivity index (χ4v) is 3.44. The molecule has 0 spiro atoms. The third kappa shape index (κ3) is 3.90. The summed E-state index contributed by atoms with van der Waals surface area (Å²) in [5.74, 6) is -0.951. The van der Waals surface area contributed by atoms with E-state index in [4.69, 9.17) is 5.11 Å². The number of rotatable bonds is 5. The minimum Gasteiger partial charge on any atom is -0.478 e. The Bertz CT molecular complexity index is 950. The maximum absolute atomic E-state index is 11.5. The summed E-state index contributed by atoms with van der Waals surface area (Å²) < 4.78 is 0. The molecule has 0 fully saturated rings. The molecule has 27 heavy (non-hydrogen) atoms. The first-order valence-corrected chi connectivity index (χ1v) is 8.99. The fourth-order valence-electron chi connectivity index (χ4n) is 3.44. The number of aromatic carboxylic acids is 1. The summed E-state index contributed by atoms with van der Waals surface area (Å²) in [6, 6.07) is 12.7. The Kier molecular flexibility index (Phi) is 5.08. The number of hydrogen-bond donors (Lipinski definition) is 1. The molecule has 1 aliphatic carbocycles. The monoisotopic (exact) mass is 361 g/mol. The lowest BCUT2D eigenvalue weighted by Gasteiger charge is -2.31. The van der Waals surface area contributed by atoms with Gasteiger partial charge in [0, 0.05) is 5.56 Å². The summed E-state index contributed by atoms with van der Waals surface area (Å²) in [4.78, 5) is 22.4. The molecule has 0 saturated carbocycles. The van der Waals surface area contributed by atoms with Crippen molar-refractivity contribution in [1.29, 1.82) is 0 Å². The minimum atomic E-state index is -0.951. The molecule has 0 aliphatic heterocycles. The smallest absolute Gasteiger partial charge is 0.335 e. The second kappa shape index (κ2) is 7.31. The Morgan fingerprint density at radius 1 is 1.15 bits per heavy atom. The number of fused-ring (bicyclic) bond motifs is 1. The first kappa shape index (κ1) is 18.8. The molecule has 1 N–H and O–H groups in total. The Balaban J connectivity index is 1.89. The van der Waals surface area contributed by atoms with E-state index in [0.29, 0.717) is 12.1 Å². The Morgan fingerprint density at radius 3 is 2.44 bits per heavy atom. The molecule has 4 heteroatoms. The van der Waals surface area contributed by atoms with Gasteiger partial charge in [0.25, 0.3) is 0 Å². The maximum atomic E-state index is 11.5. The standard InChI is InChI=1S/C23H23NO3/c1-15-12-13-23(2,3)20-14-18(9-10-19(15)20)21(24-27)11-6-16-4-7-17(8-5-16)22(25)26/h4-5,7-12,14H,6,13H2,1-3H3,(H,25,26). The van der Waals surface area contributed by atoms with Crippen molar-refractivity contribution in [2.75, 3.05) is 0 Å². The van der Waals surface area contributed by atoms with Gasteiger partial charge in [0.05, 0.1) is 5.56 Å². The number of benzene rings is 2. The number of carbonyl (C=O) groups is 1. The average molecular weight is 361 g/mol. The number of hydrogen-bond acceptors (Lipinski definition) is 3. The molecule has 0 heterocycles. The van der Waals surface area contributed by atoms with Gasteiger partial charge in [-0.2, -0.15) is 0 Å². The Hall–Kier alpha value is -3.01. The molecule has 0 atom stereocenters. The Morgan fingerprint density at radius 2 is 1.81 bits per heavy atom. The van der Waals surface area contributed by atoms with Crippen LogP contribution in [-0.2, 0) is 11.8 Å². The molecule has 0 amide bonds. The predicted molar refractivity (Wildman–Crippen MR) is 109 cm³/mol. The van der Waals surface area contributed by atoms with Crippen LogP contribution in [0, 0.1) is 4.91 Å². The molecular weight excluding hydrogens is 338 g/mol. The highest BCUT2D eigenvalue weighted by Crippen LogP contribution is 2.40. The van der Waals surface area contributed by atoms with Crippen molar-refractivity contribution < 1.29 is 9.90 Å². The lowest BCUT2D eigenvalue weighted by Crippen LogP contribution is -2.21. The predicted octanol–water partition coefficient (Wildman–Crippen LogP) is 5.82. The van der Waals surface area contributed by atoms with Gasteiger partial charge < -0.3 is 5.11 Å². The van der Waals surface area contributed by atoms with Crippen LogP contribution in [-0.4, -0.2) is 11.1 Å². The number of carboxylic acid groups (broad SMARTS) is 1. The normalized spacial score (nSPS) is 15.7. The van der Waals surface area contributed by atoms with Gasteiger partial charge in [-0.1, -0.05) is 50.3 Å². The van der Waals surface area contributed by atoms with Crippen molar-refractivity contribution in [2.45, 2.75) is 39.0 Å². The van der Waals surface area contributed by atoms with Crippen LogP contribution in [0.5, 0.6) is 0 Å². The zero-order valence-electron chi connectivity index (χ0n) is 15.8. The van der Waals surface area contributed by atoms with E-state index in [1.807, 2.05) is 6.07 Å². The number of nitroso groups, excluding NO2 is 1. The van der Waals surface area contributed by atoms with Crippen LogP contribution in [0.1, 0.15) is 59.8 Å². The molecular formula is C23H23NO3. The summed E-state index contributed by atoms with van der Waals surface area (Å²) >= 11 is 0. The molecule has 138 valence electrons. The third-order valence-electron chi connectivity index (χ3n) is 5.22. The van der Waals surface area contributed by atoms with Gasteiger partial charge in [0.2, 0.25) is 0 Å². The van der Waals surface area contributed by atoms with Gasteiger partial charge in [-0.25, -0.2) is 4.79 Å². The Labute approximate surface area is 159 Å². The largest absolute Gasteiger partial charge is 0.478 e. The van der Waals surface area contributed by atoms with Gasteiger partial charge in [-0.3, -0.25) is 0 Å². The molecule has 1 aliphatic rings. The van der Waals surface area contributed by atoms with Crippen molar-refractivity contribution >= 4 is 17.2 Å². The zero-order valence-corrected chi connectivity index (χ0v) is 15.8. The van der Waals surface area contributed by atoms with Gasteiger partial charge in [-0.05, 0) is 70.8 Å². The lowest BCUT2D eigenvalue weighted by atomic mass is 9.73. The van der Waals surface area contributed by atoms with E-state index in [2.05, 4.69) is 44.2 Å². The number of carboxylic acids is 1. The van der Waals surface area contributed by atoms with Crippen LogP contribution in [0.25, 0.3) is 11.3 Å². The number of nitrogens with zero attached hydrogens (tertiary/aromatic N) is 1. The summed E-state index contributed by atoms with van der Waals surface area (Å²) in [6.45, 7) is 6.53. The van der Waals surface area contributed by atoms with E-state index in [0.717, 1.165) is 17.5 Å². The van der Waals surface area contributed by atoms with Crippen LogP contribution in [0.2, 0.25) is 0 Å². The van der Waals surface area contributed by atoms with E-state index < -0.39 is 5.97 Å². The SMILES string of the molecule is CC1=CCC(C)(C)c2cc(C(=CCc3ccc(C(=O)O)cc3)N=O)ccc21.